The molecule has 0 amide bonds. The molecule has 1 aromatic carbocycles. The molecule has 1 aromatic rings. The normalized spacial score (nSPS) is 22.3. The van der Waals surface area contributed by atoms with Gasteiger partial charge in [0.25, 0.3) is 0 Å². The van der Waals surface area contributed by atoms with Crippen molar-refractivity contribution in [2.45, 2.75) is 101 Å². The Morgan fingerprint density at radius 3 is 2.34 bits per heavy atom. The fourth-order valence-corrected chi connectivity index (χ4v) is 6.09. The van der Waals surface area contributed by atoms with Gasteiger partial charge in [0.1, 0.15) is 5.78 Å². The molecule has 0 radical (unpaired) electrons. The number of alkyl halides is 3. The van der Waals surface area contributed by atoms with Crippen LogP contribution < -0.4 is 0 Å². The summed E-state index contributed by atoms with van der Waals surface area (Å²) in [6, 6.07) is 4.25. The summed E-state index contributed by atoms with van der Waals surface area (Å²) >= 11 is 1.46. The first kappa shape index (κ1) is 29.6. The maximum Gasteiger partial charge on any atom is 0.416 e. The van der Waals surface area contributed by atoms with Gasteiger partial charge < -0.3 is 15.3 Å². The van der Waals surface area contributed by atoms with E-state index in [1.807, 2.05) is 0 Å². The maximum absolute atomic E-state index is 12.8. The molecule has 0 heterocycles. The number of carboxylic acids is 1. The minimum atomic E-state index is -4.47. The zero-order chi connectivity index (χ0) is 26.0. The number of unbranched alkanes of at least 4 members (excludes halogenated alkanes) is 4. The third-order valence-corrected chi connectivity index (χ3v) is 8.27. The lowest BCUT2D eigenvalue weighted by atomic mass is 9.91. The van der Waals surface area contributed by atoms with E-state index in [1.54, 1.807) is 0 Å². The summed E-state index contributed by atoms with van der Waals surface area (Å²) in [7, 11) is 0. The highest BCUT2D eigenvalue weighted by atomic mass is 32.2. The number of thioether (sulfide) groups is 1. The molecule has 0 aliphatic heterocycles. The third-order valence-electron chi connectivity index (χ3n) is 6.67. The van der Waals surface area contributed by atoms with Gasteiger partial charge in [0.2, 0.25) is 0 Å². The second kappa shape index (κ2) is 14.2. The summed E-state index contributed by atoms with van der Waals surface area (Å²) < 4.78 is 38.3. The van der Waals surface area contributed by atoms with E-state index in [-0.39, 0.29) is 23.4 Å². The van der Waals surface area contributed by atoms with E-state index < -0.39 is 35.8 Å². The molecule has 1 aliphatic carbocycles. The molecule has 0 aromatic heterocycles. The lowest BCUT2D eigenvalue weighted by Gasteiger charge is -2.22. The number of halogens is 3. The number of aliphatic hydroxyl groups excluding tert-OH is 2. The molecule has 1 fully saturated rings. The van der Waals surface area contributed by atoms with Gasteiger partial charge in [0.15, 0.2) is 0 Å². The largest absolute Gasteiger partial charge is 0.481 e. The molecule has 3 unspecified atom stereocenters. The van der Waals surface area contributed by atoms with Crippen molar-refractivity contribution in [3.05, 3.63) is 35.4 Å². The Hall–Kier alpha value is -1.58. The van der Waals surface area contributed by atoms with E-state index in [4.69, 9.17) is 0 Å². The number of carbonyl (C=O) groups excluding carboxylic acids is 1. The summed E-state index contributed by atoms with van der Waals surface area (Å²) in [6.45, 7) is 2.10. The smallest absolute Gasteiger partial charge is 0.416 e. The van der Waals surface area contributed by atoms with Crippen LogP contribution in [0.3, 0.4) is 0 Å². The van der Waals surface area contributed by atoms with Gasteiger partial charge in [-0.3, -0.25) is 9.59 Å². The van der Waals surface area contributed by atoms with Crippen molar-refractivity contribution in [1.82, 2.24) is 0 Å². The molecule has 5 atom stereocenters. The molecular weight excluding hydrogens is 481 g/mol. The van der Waals surface area contributed by atoms with Gasteiger partial charge in [0.05, 0.1) is 23.7 Å². The Bertz CT molecular complexity index is 799. The van der Waals surface area contributed by atoms with E-state index in [0.29, 0.717) is 49.8 Å². The number of carbonyl (C=O) groups is 2. The lowest BCUT2D eigenvalue weighted by Crippen LogP contribution is -2.26. The molecule has 1 saturated carbocycles. The van der Waals surface area contributed by atoms with Crippen LogP contribution in [-0.4, -0.2) is 50.3 Å². The fraction of sp³-hybridized carbons (Fsp3) is 0.692. The van der Waals surface area contributed by atoms with Crippen LogP contribution in [0.25, 0.3) is 0 Å². The van der Waals surface area contributed by atoms with E-state index in [2.05, 4.69) is 6.92 Å². The number of aliphatic carboxylic acids is 1. The minimum Gasteiger partial charge on any atom is -0.481 e. The zero-order valence-corrected chi connectivity index (χ0v) is 21.0. The Labute approximate surface area is 209 Å². The quantitative estimate of drug-likeness (QED) is 0.254. The van der Waals surface area contributed by atoms with Gasteiger partial charge in [-0.05, 0) is 37.0 Å². The average Bonchev–Trinajstić information content (AvgIpc) is 3.06. The first-order chi connectivity index (χ1) is 16.5. The van der Waals surface area contributed by atoms with Crippen LogP contribution in [0, 0.1) is 5.92 Å². The molecule has 9 heteroatoms. The van der Waals surface area contributed by atoms with Crippen LogP contribution in [0.5, 0.6) is 0 Å². The summed E-state index contributed by atoms with van der Waals surface area (Å²) in [5.41, 5.74) is -0.469. The number of benzene rings is 1. The number of carboxylic acid groups (broad SMARTS) is 1. The van der Waals surface area contributed by atoms with E-state index >= 15 is 0 Å². The Morgan fingerprint density at radius 2 is 1.74 bits per heavy atom. The van der Waals surface area contributed by atoms with E-state index in [1.165, 1.54) is 23.9 Å². The van der Waals surface area contributed by atoms with E-state index in [9.17, 15) is 38.1 Å². The summed E-state index contributed by atoms with van der Waals surface area (Å²) in [4.78, 5) is 24.1. The van der Waals surface area contributed by atoms with Crippen molar-refractivity contribution in [3.8, 4) is 0 Å². The maximum atomic E-state index is 12.8. The second-order valence-electron chi connectivity index (χ2n) is 9.44. The number of hydrogen-bond acceptors (Lipinski definition) is 5. The molecule has 0 bridgehead atoms. The Morgan fingerprint density at radius 1 is 1.09 bits per heavy atom. The SMILES string of the molecule is CCCCCC(O)CS[C@H]1C(O)CC(=O)[C@@H]1CCCCCC(C(=O)O)c1ccc(C(F)(F)F)cc1. The third kappa shape index (κ3) is 9.42. The lowest BCUT2D eigenvalue weighted by molar-refractivity contribution is -0.139. The number of aliphatic hydroxyl groups is 2. The standard InChI is InChI=1S/C26H37F3O5S/c1-2-3-5-8-19(30)16-35-24-21(22(31)15-23(24)32)10-7-4-6-9-20(25(33)34)17-11-13-18(14-12-17)26(27,28)29/h11-14,19-21,23-24,30,32H,2-10,15-16H2,1H3,(H,33,34)/t19?,20?,21-,23?,24+/m0/s1. The molecule has 2 rings (SSSR count). The number of hydrogen-bond donors (Lipinski definition) is 3. The number of ketones is 1. The molecule has 35 heavy (non-hydrogen) atoms. The van der Waals surface area contributed by atoms with Gasteiger partial charge in [-0.15, -0.1) is 0 Å². The average molecular weight is 519 g/mol. The first-order valence-corrected chi connectivity index (χ1v) is 13.5. The van der Waals surface area contributed by atoms with Crippen molar-refractivity contribution < 1.29 is 38.1 Å². The van der Waals surface area contributed by atoms with Gasteiger partial charge >= 0.3 is 12.1 Å². The molecule has 0 saturated heterocycles. The van der Waals surface area contributed by atoms with Crippen molar-refractivity contribution in [3.63, 3.8) is 0 Å². The summed E-state index contributed by atoms with van der Waals surface area (Å²) in [5.74, 6) is -1.72. The van der Waals surface area contributed by atoms with Crippen LogP contribution in [0.15, 0.2) is 24.3 Å². The van der Waals surface area contributed by atoms with Gasteiger partial charge in [-0.25, -0.2) is 0 Å². The van der Waals surface area contributed by atoms with Crippen molar-refractivity contribution >= 4 is 23.5 Å². The summed E-state index contributed by atoms with van der Waals surface area (Å²) in [6.07, 6.45) is 1.14. The molecule has 0 spiro atoms. The van der Waals surface area contributed by atoms with Crippen LogP contribution in [0.1, 0.15) is 88.2 Å². The molecular formula is C26H37F3O5S. The molecule has 1 aliphatic rings. The van der Waals surface area contributed by atoms with Crippen molar-refractivity contribution in [1.29, 1.82) is 0 Å². The van der Waals surface area contributed by atoms with E-state index in [0.717, 1.165) is 31.4 Å². The molecule has 5 nitrogen and oxygen atoms in total. The van der Waals surface area contributed by atoms with Crippen molar-refractivity contribution in [2.75, 3.05) is 5.75 Å². The number of rotatable bonds is 15. The zero-order valence-electron chi connectivity index (χ0n) is 20.2. The molecule has 198 valence electrons. The Kier molecular flexibility index (Phi) is 12.1. The molecule has 3 N–H and O–H groups in total. The fourth-order valence-electron chi connectivity index (χ4n) is 4.64. The minimum absolute atomic E-state index is 0.0311. The highest BCUT2D eigenvalue weighted by molar-refractivity contribution is 8.00. The monoisotopic (exact) mass is 518 g/mol. The van der Waals surface area contributed by atoms with Gasteiger partial charge in [0, 0.05) is 23.3 Å². The second-order valence-corrected chi connectivity index (χ2v) is 10.7. The highest BCUT2D eigenvalue weighted by Crippen LogP contribution is 2.37. The van der Waals surface area contributed by atoms with Crippen molar-refractivity contribution in [2.24, 2.45) is 5.92 Å². The van der Waals surface area contributed by atoms with Crippen LogP contribution in [0.4, 0.5) is 13.2 Å². The predicted octanol–water partition coefficient (Wildman–Crippen LogP) is 5.82. The first-order valence-electron chi connectivity index (χ1n) is 12.4. The predicted molar refractivity (Wildman–Crippen MR) is 130 cm³/mol. The topological polar surface area (TPSA) is 94.8 Å². The van der Waals surface area contributed by atoms with Crippen LogP contribution >= 0.6 is 11.8 Å². The van der Waals surface area contributed by atoms with Gasteiger partial charge in [-0.1, -0.05) is 57.6 Å². The Balaban J connectivity index is 1.80. The van der Waals surface area contributed by atoms with Gasteiger partial charge in [-0.2, -0.15) is 24.9 Å². The number of Topliss-reactive ketones (excluding diaryl/α,β-unsaturated/α-hetero) is 1. The van der Waals surface area contributed by atoms with Crippen LogP contribution in [-0.2, 0) is 15.8 Å². The van der Waals surface area contributed by atoms with Crippen LogP contribution in [0.2, 0.25) is 0 Å². The summed E-state index contributed by atoms with van der Waals surface area (Å²) in [5, 5.41) is 29.8. The highest BCUT2D eigenvalue weighted by Gasteiger charge is 2.41.